The Hall–Kier alpha value is -1.92. The van der Waals surface area contributed by atoms with Gasteiger partial charge in [-0.05, 0) is 43.9 Å². The number of hydrogen-bond acceptors (Lipinski definition) is 5. The minimum absolute atomic E-state index is 0.167. The highest BCUT2D eigenvalue weighted by Gasteiger charge is 2.39. The van der Waals surface area contributed by atoms with Crippen molar-refractivity contribution in [2.75, 3.05) is 20.6 Å². The lowest BCUT2D eigenvalue weighted by Crippen LogP contribution is -2.35. The van der Waals surface area contributed by atoms with Crippen LogP contribution in [0.3, 0.4) is 0 Å². The van der Waals surface area contributed by atoms with E-state index in [0.29, 0.717) is 23.8 Å². The number of halogens is 5. The fourth-order valence-corrected chi connectivity index (χ4v) is 4.17. The predicted octanol–water partition coefficient (Wildman–Crippen LogP) is 4.50. The van der Waals surface area contributed by atoms with Crippen LogP contribution < -0.4 is 4.72 Å². The first-order valence-corrected chi connectivity index (χ1v) is 10.4. The van der Waals surface area contributed by atoms with Crippen LogP contribution in [0.25, 0.3) is 0 Å². The summed E-state index contributed by atoms with van der Waals surface area (Å²) >= 11 is 11.9. The molecule has 0 heterocycles. The number of nitro groups is 1. The zero-order valence-corrected chi connectivity index (χ0v) is 17.9. The molecule has 0 saturated heterocycles. The van der Waals surface area contributed by atoms with Gasteiger partial charge in [0.05, 0.1) is 25.9 Å². The van der Waals surface area contributed by atoms with E-state index in [1.54, 1.807) is 25.1 Å². The van der Waals surface area contributed by atoms with E-state index in [1.165, 1.54) is 12.1 Å². The molecule has 0 aliphatic heterocycles. The summed E-state index contributed by atoms with van der Waals surface area (Å²) in [6.45, 7) is 0.167. The van der Waals surface area contributed by atoms with E-state index in [2.05, 4.69) is 4.72 Å². The van der Waals surface area contributed by atoms with Gasteiger partial charge in [0.25, 0.3) is 5.69 Å². The monoisotopic (exact) mass is 485 g/mol. The highest BCUT2D eigenvalue weighted by atomic mass is 35.5. The number of hydrogen-bond donors (Lipinski definition) is 1. The van der Waals surface area contributed by atoms with Gasteiger partial charge in [-0.2, -0.15) is 13.2 Å². The summed E-state index contributed by atoms with van der Waals surface area (Å²) in [4.78, 5) is 10.8. The van der Waals surface area contributed by atoms with Crippen molar-refractivity contribution >= 4 is 38.9 Å². The number of sulfonamides is 1. The molecule has 13 heteroatoms. The smallest absolute Gasteiger partial charge is 0.307 e. The van der Waals surface area contributed by atoms with E-state index in [9.17, 15) is 31.7 Å². The third kappa shape index (κ3) is 5.82. The van der Waals surface area contributed by atoms with Crippen LogP contribution in [0.5, 0.6) is 0 Å². The van der Waals surface area contributed by atoms with E-state index in [1.807, 2.05) is 0 Å². The van der Waals surface area contributed by atoms with Crippen LogP contribution in [0, 0.1) is 10.1 Å². The van der Waals surface area contributed by atoms with E-state index < -0.39 is 43.3 Å². The van der Waals surface area contributed by atoms with Crippen LogP contribution in [0.1, 0.15) is 17.2 Å². The van der Waals surface area contributed by atoms with Gasteiger partial charge in [-0.3, -0.25) is 10.1 Å². The fraction of sp³-hybridized carbons (Fsp3) is 0.294. The standard InChI is InChI=1S/C17H16Cl2F3N3O4S/c1-24(2)9-15(10-3-6-13(18)14(19)7-10)23-30(28,29)11-4-5-12(17(20,21)22)16(8-11)25(26)27/h3-8,15,23H,9H2,1-2H3. The Bertz CT molecular complexity index is 1060. The molecule has 2 aromatic carbocycles. The Labute approximate surface area is 180 Å². The van der Waals surface area contributed by atoms with Crippen LogP contribution in [-0.4, -0.2) is 38.9 Å². The van der Waals surface area contributed by atoms with Gasteiger partial charge in [0.2, 0.25) is 10.0 Å². The average molecular weight is 486 g/mol. The summed E-state index contributed by atoms with van der Waals surface area (Å²) in [6.07, 6.45) is -5.01. The lowest BCUT2D eigenvalue weighted by atomic mass is 10.1. The molecule has 2 aromatic rings. The predicted molar refractivity (Wildman–Crippen MR) is 106 cm³/mol. The van der Waals surface area contributed by atoms with Crippen molar-refractivity contribution in [3.8, 4) is 0 Å². The van der Waals surface area contributed by atoms with E-state index in [0.717, 1.165) is 0 Å². The maximum atomic E-state index is 13.0. The molecule has 0 aliphatic rings. The van der Waals surface area contributed by atoms with Gasteiger partial charge in [0.1, 0.15) is 5.56 Å². The first-order chi connectivity index (χ1) is 13.7. The molecule has 0 spiro atoms. The SMILES string of the molecule is CN(C)CC(NS(=O)(=O)c1ccc(C(F)(F)F)c([N+](=O)[O-])c1)c1ccc(Cl)c(Cl)c1. The second kappa shape index (κ2) is 9.06. The van der Waals surface area contributed by atoms with Gasteiger partial charge in [-0.1, -0.05) is 29.3 Å². The number of likely N-dealkylation sites (N-methyl/N-ethyl adjacent to an activating group) is 1. The van der Waals surface area contributed by atoms with E-state index >= 15 is 0 Å². The number of nitrogens with zero attached hydrogens (tertiary/aromatic N) is 2. The summed E-state index contributed by atoms with van der Waals surface area (Å²) in [7, 11) is -1.05. The normalized spacial score (nSPS) is 13.5. The molecule has 1 N–H and O–H groups in total. The Kier molecular flexibility index (Phi) is 7.36. The fourth-order valence-electron chi connectivity index (χ4n) is 2.63. The van der Waals surface area contributed by atoms with Crippen molar-refractivity contribution in [1.29, 1.82) is 0 Å². The zero-order valence-electron chi connectivity index (χ0n) is 15.6. The van der Waals surface area contributed by atoms with Gasteiger partial charge in [0, 0.05) is 12.6 Å². The molecule has 7 nitrogen and oxygen atoms in total. The van der Waals surface area contributed by atoms with Gasteiger partial charge < -0.3 is 4.90 Å². The molecule has 2 rings (SSSR count). The molecular weight excluding hydrogens is 470 g/mol. The molecule has 0 aromatic heterocycles. The maximum Gasteiger partial charge on any atom is 0.422 e. The number of nitrogens with one attached hydrogen (secondary N) is 1. The second-order valence-corrected chi connectivity index (χ2v) is 9.07. The van der Waals surface area contributed by atoms with Crippen molar-refractivity contribution in [2.45, 2.75) is 17.1 Å². The van der Waals surface area contributed by atoms with Gasteiger partial charge >= 0.3 is 6.18 Å². The molecule has 30 heavy (non-hydrogen) atoms. The van der Waals surface area contributed by atoms with Crippen LogP contribution in [0.2, 0.25) is 10.0 Å². The lowest BCUT2D eigenvalue weighted by Gasteiger charge is -2.23. The topological polar surface area (TPSA) is 92.6 Å². The third-order valence-corrected chi connectivity index (χ3v) is 6.18. The molecule has 1 atom stereocenters. The molecule has 0 fully saturated rings. The maximum absolute atomic E-state index is 13.0. The Morgan fingerprint density at radius 2 is 1.77 bits per heavy atom. The van der Waals surface area contributed by atoms with Crippen LogP contribution in [0.4, 0.5) is 18.9 Å². The van der Waals surface area contributed by atoms with Crippen molar-refractivity contribution in [3.05, 3.63) is 67.7 Å². The number of benzene rings is 2. The number of alkyl halides is 3. The van der Waals surface area contributed by atoms with Crippen molar-refractivity contribution < 1.29 is 26.5 Å². The summed E-state index contributed by atoms with van der Waals surface area (Å²) < 4.78 is 66.9. The largest absolute Gasteiger partial charge is 0.422 e. The van der Waals surface area contributed by atoms with Gasteiger partial charge in [0.15, 0.2) is 0 Å². The average Bonchev–Trinajstić information content (AvgIpc) is 2.61. The minimum atomic E-state index is -5.01. The molecule has 164 valence electrons. The summed E-state index contributed by atoms with van der Waals surface area (Å²) in [5.41, 5.74) is -2.45. The van der Waals surface area contributed by atoms with E-state index in [4.69, 9.17) is 23.2 Å². The van der Waals surface area contributed by atoms with Crippen molar-refractivity contribution in [2.24, 2.45) is 0 Å². The Balaban J connectivity index is 2.48. The third-order valence-electron chi connectivity index (χ3n) is 3.97. The molecular formula is C17H16Cl2F3N3O4S. The van der Waals surface area contributed by atoms with E-state index in [-0.39, 0.29) is 16.6 Å². The molecule has 0 bridgehead atoms. The summed E-state index contributed by atoms with van der Waals surface area (Å²) in [5.74, 6) is 0. The molecule has 0 radical (unpaired) electrons. The van der Waals surface area contributed by atoms with Gasteiger partial charge in [-0.25, -0.2) is 13.1 Å². The minimum Gasteiger partial charge on any atom is -0.307 e. The molecule has 0 amide bonds. The summed E-state index contributed by atoms with van der Waals surface area (Å²) in [5, 5.41) is 11.5. The lowest BCUT2D eigenvalue weighted by molar-refractivity contribution is -0.388. The first-order valence-electron chi connectivity index (χ1n) is 8.20. The zero-order chi connectivity index (χ0) is 22.9. The quantitative estimate of drug-likeness (QED) is 0.460. The number of nitro benzene ring substituents is 1. The molecule has 0 aliphatic carbocycles. The second-order valence-electron chi connectivity index (χ2n) is 6.54. The van der Waals surface area contributed by atoms with Crippen LogP contribution in [0.15, 0.2) is 41.3 Å². The van der Waals surface area contributed by atoms with Crippen LogP contribution in [-0.2, 0) is 16.2 Å². The summed E-state index contributed by atoms with van der Waals surface area (Å²) in [6, 6.07) is 5.02. The first kappa shape index (κ1) is 24.4. The van der Waals surface area contributed by atoms with Gasteiger partial charge in [-0.15, -0.1) is 0 Å². The molecule has 1 unspecified atom stereocenters. The highest BCUT2D eigenvalue weighted by molar-refractivity contribution is 7.89. The Morgan fingerprint density at radius 1 is 1.13 bits per heavy atom. The number of rotatable bonds is 7. The van der Waals surface area contributed by atoms with Crippen molar-refractivity contribution in [1.82, 2.24) is 9.62 Å². The van der Waals surface area contributed by atoms with Crippen LogP contribution >= 0.6 is 23.2 Å². The molecule has 0 saturated carbocycles. The Morgan fingerprint density at radius 3 is 2.27 bits per heavy atom. The van der Waals surface area contributed by atoms with Crippen molar-refractivity contribution in [3.63, 3.8) is 0 Å². The highest BCUT2D eigenvalue weighted by Crippen LogP contribution is 2.37.